The molecular weight excluding hydrogens is 300 g/mol. The maximum Gasteiger partial charge on any atom is 0.301 e. The van der Waals surface area contributed by atoms with Crippen molar-refractivity contribution in [1.29, 1.82) is 0 Å². The lowest BCUT2D eigenvalue weighted by Gasteiger charge is -2.14. The molecule has 2 rings (SSSR count). The van der Waals surface area contributed by atoms with Gasteiger partial charge in [0.05, 0.1) is 11.9 Å². The largest absolute Gasteiger partial charge is 0.340 e. The van der Waals surface area contributed by atoms with Gasteiger partial charge < -0.3 is 5.32 Å². The van der Waals surface area contributed by atoms with Crippen LogP contribution in [0.15, 0.2) is 42.6 Å². The minimum absolute atomic E-state index is 0.419. The first-order valence-corrected chi connectivity index (χ1v) is 8.37. The second-order valence-corrected chi connectivity index (χ2v) is 6.84. The highest BCUT2D eigenvalue weighted by Crippen LogP contribution is 2.21. The number of aryl methyl sites for hydroxylation is 1. The molecule has 0 aliphatic rings. The Morgan fingerprint density at radius 1 is 1.14 bits per heavy atom. The minimum Gasteiger partial charge on any atom is -0.340 e. The number of aromatic nitrogens is 1. The first kappa shape index (κ1) is 16.3. The first-order valence-electron chi connectivity index (χ1n) is 6.93. The minimum atomic E-state index is -3.51. The van der Waals surface area contributed by atoms with E-state index in [0.29, 0.717) is 11.5 Å². The summed E-state index contributed by atoms with van der Waals surface area (Å²) in [6.45, 7) is 2.09. The van der Waals surface area contributed by atoms with E-state index in [1.54, 1.807) is 12.1 Å². The number of anilines is 3. The van der Waals surface area contributed by atoms with Crippen LogP contribution in [0.1, 0.15) is 12.5 Å². The summed E-state index contributed by atoms with van der Waals surface area (Å²) in [5.41, 5.74) is 2.61. The quantitative estimate of drug-likeness (QED) is 0.858. The van der Waals surface area contributed by atoms with E-state index in [1.165, 1.54) is 25.9 Å². The van der Waals surface area contributed by atoms with Crippen molar-refractivity contribution >= 4 is 27.4 Å². The Kier molecular flexibility index (Phi) is 4.99. The van der Waals surface area contributed by atoms with Gasteiger partial charge in [0, 0.05) is 19.8 Å². The second kappa shape index (κ2) is 6.76. The maximum atomic E-state index is 11.7. The molecule has 2 N–H and O–H groups in total. The molecule has 22 heavy (non-hydrogen) atoms. The van der Waals surface area contributed by atoms with Gasteiger partial charge in [-0.25, -0.2) is 4.98 Å². The van der Waals surface area contributed by atoms with E-state index in [9.17, 15) is 8.42 Å². The van der Waals surface area contributed by atoms with E-state index >= 15 is 0 Å². The second-order valence-electron chi connectivity index (χ2n) is 4.96. The molecule has 0 amide bonds. The van der Waals surface area contributed by atoms with E-state index in [2.05, 4.69) is 28.0 Å². The third-order valence-electron chi connectivity index (χ3n) is 3.15. The molecule has 0 atom stereocenters. The number of pyridine rings is 1. The fourth-order valence-electron chi connectivity index (χ4n) is 1.86. The molecule has 0 saturated carbocycles. The van der Waals surface area contributed by atoms with E-state index in [-0.39, 0.29) is 0 Å². The number of benzene rings is 1. The molecule has 1 heterocycles. The number of nitrogens with one attached hydrogen (secondary N) is 2. The van der Waals surface area contributed by atoms with Crippen LogP contribution in [0.2, 0.25) is 0 Å². The molecule has 1 aromatic carbocycles. The molecule has 0 aliphatic carbocycles. The van der Waals surface area contributed by atoms with Crippen molar-refractivity contribution in [3.63, 3.8) is 0 Å². The standard InChI is InChI=1S/C15H20N4O2S/c1-4-12-7-5-6-8-14(12)17-15-10-9-13(11-16-15)18-22(20,21)19(2)3/h5-11,18H,4H2,1-3H3,(H,16,17). The van der Waals surface area contributed by atoms with E-state index in [0.717, 1.165) is 16.4 Å². The normalized spacial score (nSPS) is 11.5. The Hall–Kier alpha value is -2.12. The number of para-hydroxylation sites is 1. The van der Waals surface area contributed by atoms with Crippen molar-refractivity contribution in [2.45, 2.75) is 13.3 Å². The predicted octanol–water partition coefficient (Wildman–Crippen LogP) is 2.61. The molecular formula is C15H20N4O2S. The van der Waals surface area contributed by atoms with Crippen LogP contribution in [0, 0.1) is 0 Å². The summed E-state index contributed by atoms with van der Waals surface area (Å²) in [5, 5.41) is 3.24. The molecule has 0 fully saturated rings. The van der Waals surface area contributed by atoms with Crippen molar-refractivity contribution in [3.05, 3.63) is 48.2 Å². The fraction of sp³-hybridized carbons (Fsp3) is 0.267. The van der Waals surface area contributed by atoms with Crippen molar-refractivity contribution in [2.75, 3.05) is 24.1 Å². The van der Waals surface area contributed by atoms with Gasteiger partial charge in [0.2, 0.25) is 0 Å². The van der Waals surface area contributed by atoms with Crippen LogP contribution in [-0.4, -0.2) is 31.8 Å². The summed E-state index contributed by atoms with van der Waals surface area (Å²) in [4.78, 5) is 4.24. The van der Waals surface area contributed by atoms with Crippen LogP contribution in [-0.2, 0) is 16.6 Å². The monoisotopic (exact) mass is 320 g/mol. The molecule has 0 spiro atoms. The Bertz CT molecular complexity index is 727. The topological polar surface area (TPSA) is 74.3 Å². The number of hydrogen-bond acceptors (Lipinski definition) is 4. The number of nitrogens with zero attached hydrogens (tertiary/aromatic N) is 2. The van der Waals surface area contributed by atoms with Gasteiger partial charge in [-0.2, -0.15) is 12.7 Å². The van der Waals surface area contributed by atoms with Crippen LogP contribution in [0.3, 0.4) is 0 Å². The van der Waals surface area contributed by atoms with Crippen molar-refractivity contribution < 1.29 is 8.42 Å². The summed E-state index contributed by atoms with van der Waals surface area (Å²) >= 11 is 0. The van der Waals surface area contributed by atoms with Gasteiger partial charge in [-0.05, 0) is 30.2 Å². The fourth-order valence-corrected chi connectivity index (χ4v) is 2.46. The van der Waals surface area contributed by atoms with Crippen LogP contribution in [0.4, 0.5) is 17.2 Å². The van der Waals surface area contributed by atoms with Gasteiger partial charge in [0.25, 0.3) is 0 Å². The van der Waals surface area contributed by atoms with E-state index in [4.69, 9.17) is 0 Å². The summed E-state index contributed by atoms with van der Waals surface area (Å²) in [6.07, 6.45) is 2.40. The van der Waals surface area contributed by atoms with Gasteiger partial charge in [-0.15, -0.1) is 0 Å². The van der Waals surface area contributed by atoms with Crippen molar-refractivity contribution in [1.82, 2.24) is 9.29 Å². The highest BCUT2D eigenvalue weighted by Gasteiger charge is 2.12. The molecule has 0 unspecified atom stereocenters. The lowest BCUT2D eigenvalue weighted by atomic mass is 10.1. The molecule has 7 heteroatoms. The Labute approximate surface area is 131 Å². The molecule has 0 saturated heterocycles. The molecule has 0 aliphatic heterocycles. The van der Waals surface area contributed by atoms with Crippen LogP contribution in [0.25, 0.3) is 0 Å². The Morgan fingerprint density at radius 2 is 1.86 bits per heavy atom. The SMILES string of the molecule is CCc1ccccc1Nc1ccc(NS(=O)(=O)N(C)C)cn1. The van der Waals surface area contributed by atoms with Crippen LogP contribution >= 0.6 is 0 Å². The average Bonchev–Trinajstić information content (AvgIpc) is 2.49. The maximum absolute atomic E-state index is 11.7. The zero-order valence-electron chi connectivity index (χ0n) is 12.9. The summed E-state index contributed by atoms with van der Waals surface area (Å²) < 4.78 is 27.0. The molecule has 1 aromatic heterocycles. The number of rotatable bonds is 6. The summed E-state index contributed by atoms with van der Waals surface area (Å²) in [6, 6.07) is 11.4. The predicted molar refractivity (Wildman–Crippen MR) is 89.6 cm³/mol. The highest BCUT2D eigenvalue weighted by atomic mass is 32.2. The lowest BCUT2D eigenvalue weighted by Crippen LogP contribution is -2.28. The first-order chi connectivity index (χ1) is 10.4. The third kappa shape index (κ3) is 3.96. The number of hydrogen-bond donors (Lipinski definition) is 2. The Balaban J connectivity index is 2.13. The van der Waals surface area contributed by atoms with Gasteiger partial charge in [-0.1, -0.05) is 25.1 Å². The third-order valence-corrected chi connectivity index (χ3v) is 4.61. The van der Waals surface area contributed by atoms with Crippen molar-refractivity contribution in [3.8, 4) is 0 Å². The zero-order valence-corrected chi connectivity index (χ0v) is 13.7. The lowest BCUT2D eigenvalue weighted by molar-refractivity contribution is 0.527. The van der Waals surface area contributed by atoms with Crippen LogP contribution < -0.4 is 10.0 Å². The van der Waals surface area contributed by atoms with Gasteiger partial charge in [0.15, 0.2) is 0 Å². The zero-order chi connectivity index (χ0) is 16.2. The smallest absolute Gasteiger partial charge is 0.301 e. The summed E-state index contributed by atoms with van der Waals surface area (Å²) in [5.74, 6) is 0.661. The summed E-state index contributed by atoms with van der Waals surface area (Å²) in [7, 11) is -0.579. The van der Waals surface area contributed by atoms with Crippen molar-refractivity contribution in [2.24, 2.45) is 0 Å². The van der Waals surface area contributed by atoms with Gasteiger partial charge in [-0.3, -0.25) is 4.72 Å². The molecule has 0 radical (unpaired) electrons. The van der Waals surface area contributed by atoms with E-state index in [1.807, 2.05) is 18.2 Å². The van der Waals surface area contributed by atoms with Gasteiger partial charge in [0.1, 0.15) is 5.82 Å². The molecule has 0 bridgehead atoms. The molecule has 2 aromatic rings. The molecule has 118 valence electrons. The van der Waals surface area contributed by atoms with Gasteiger partial charge >= 0.3 is 10.2 Å². The Morgan fingerprint density at radius 3 is 2.45 bits per heavy atom. The van der Waals surface area contributed by atoms with Crippen LogP contribution in [0.5, 0.6) is 0 Å². The average molecular weight is 320 g/mol. The van der Waals surface area contributed by atoms with E-state index < -0.39 is 10.2 Å². The molecule has 6 nitrogen and oxygen atoms in total. The highest BCUT2D eigenvalue weighted by molar-refractivity contribution is 7.90.